The van der Waals surface area contributed by atoms with Gasteiger partial charge in [-0.2, -0.15) is 5.26 Å². The molecule has 1 aliphatic heterocycles. The minimum Gasteiger partial charge on any atom is -0.368 e. The number of nitrogens with zero attached hydrogens (tertiary/aromatic N) is 3. The molecular formula is C14H18ClN3. The van der Waals surface area contributed by atoms with Crippen molar-refractivity contribution in [3.8, 4) is 6.07 Å². The topological polar surface area (TPSA) is 30.3 Å². The van der Waals surface area contributed by atoms with Gasteiger partial charge in [0.1, 0.15) is 0 Å². The Balaban J connectivity index is 2.16. The highest BCUT2D eigenvalue weighted by Gasteiger charge is 2.24. The fourth-order valence-corrected chi connectivity index (χ4v) is 2.69. The molecule has 1 saturated heterocycles. The second-order valence-electron chi connectivity index (χ2n) is 4.87. The molecule has 1 fully saturated rings. The lowest BCUT2D eigenvalue weighted by atomic mass is 10.1. The lowest BCUT2D eigenvalue weighted by Crippen LogP contribution is -2.51. The van der Waals surface area contributed by atoms with Crippen molar-refractivity contribution < 1.29 is 0 Å². The Morgan fingerprint density at radius 1 is 1.44 bits per heavy atom. The summed E-state index contributed by atoms with van der Waals surface area (Å²) in [6.07, 6.45) is 0.583. The molecular weight excluding hydrogens is 246 g/mol. The molecule has 18 heavy (non-hydrogen) atoms. The van der Waals surface area contributed by atoms with Crippen LogP contribution in [0.25, 0.3) is 0 Å². The lowest BCUT2D eigenvalue weighted by Gasteiger charge is -2.40. The van der Waals surface area contributed by atoms with Gasteiger partial charge in [-0.25, -0.2) is 0 Å². The molecule has 1 atom stereocenters. The third-order valence-corrected chi connectivity index (χ3v) is 3.84. The van der Waals surface area contributed by atoms with Crippen LogP contribution in [-0.2, 0) is 0 Å². The van der Waals surface area contributed by atoms with Gasteiger partial charge in [0, 0.05) is 36.4 Å². The van der Waals surface area contributed by atoms with E-state index < -0.39 is 0 Å². The summed E-state index contributed by atoms with van der Waals surface area (Å²) in [5, 5.41) is 9.65. The van der Waals surface area contributed by atoms with Gasteiger partial charge in [-0.05, 0) is 37.7 Å². The zero-order chi connectivity index (χ0) is 13.1. The normalized spacial score (nSPS) is 20.8. The number of rotatable bonds is 2. The number of aryl methyl sites for hydroxylation is 1. The van der Waals surface area contributed by atoms with E-state index >= 15 is 0 Å². The molecule has 3 nitrogen and oxygen atoms in total. The maximum atomic E-state index is 8.87. The van der Waals surface area contributed by atoms with Crippen LogP contribution >= 0.6 is 11.6 Å². The number of halogens is 1. The van der Waals surface area contributed by atoms with Gasteiger partial charge in [0.05, 0.1) is 12.5 Å². The van der Waals surface area contributed by atoms with Crippen molar-refractivity contribution in [2.24, 2.45) is 0 Å². The zero-order valence-electron chi connectivity index (χ0n) is 10.9. The molecule has 1 unspecified atom stereocenters. The summed E-state index contributed by atoms with van der Waals surface area (Å²) in [5.74, 6) is 0. The average Bonchev–Trinajstić information content (AvgIpc) is 2.33. The number of nitriles is 1. The molecule has 0 aliphatic carbocycles. The van der Waals surface area contributed by atoms with Gasteiger partial charge in [-0.1, -0.05) is 11.6 Å². The van der Waals surface area contributed by atoms with Crippen LogP contribution in [0.2, 0.25) is 5.02 Å². The molecule has 1 heterocycles. The van der Waals surface area contributed by atoms with E-state index in [1.807, 2.05) is 12.1 Å². The van der Waals surface area contributed by atoms with E-state index in [2.05, 4.69) is 35.9 Å². The predicted octanol–water partition coefficient (Wildman–Crippen LogP) is 2.68. The molecule has 1 aromatic rings. The van der Waals surface area contributed by atoms with Gasteiger partial charge in [0.2, 0.25) is 0 Å². The summed E-state index contributed by atoms with van der Waals surface area (Å²) in [5.41, 5.74) is 2.43. The predicted molar refractivity (Wildman–Crippen MR) is 75.1 cm³/mol. The molecule has 96 valence electrons. The fourth-order valence-electron chi connectivity index (χ4n) is 2.46. The van der Waals surface area contributed by atoms with Crippen LogP contribution in [-0.4, -0.2) is 37.6 Å². The van der Waals surface area contributed by atoms with Crippen molar-refractivity contribution in [1.82, 2.24) is 4.90 Å². The Kier molecular flexibility index (Phi) is 4.11. The molecule has 0 radical (unpaired) electrons. The molecule has 0 saturated carbocycles. The van der Waals surface area contributed by atoms with Crippen molar-refractivity contribution in [2.75, 3.05) is 31.6 Å². The van der Waals surface area contributed by atoms with Gasteiger partial charge in [0.15, 0.2) is 0 Å². The molecule has 4 heteroatoms. The Labute approximate surface area is 114 Å². The highest BCUT2D eigenvalue weighted by atomic mass is 35.5. The summed E-state index contributed by atoms with van der Waals surface area (Å²) >= 11 is 5.99. The van der Waals surface area contributed by atoms with Crippen molar-refractivity contribution in [2.45, 2.75) is 19.4 Å². The molecule has 0 N–H and O–H groups in total. The van der Waals surface area contributed by atoms with Crippen LogP contribution in [0.15, 0.2) is 18.2 Å². The summed E-state index contributed by atoms with van der Waals surface area (Å²) < 4.78 is 0. The van der Waals surface area contributed by atoms with Gasteiger partial charge in [-0.3, -0.25) is 4.90 Å². The third kappa shape index (κ3) is 2.77. The Morgan fingerprint density at radius 3 is 2.89 bits per heavy atom. The van der Waals surface area contributed by atoms with Gasteiger partial charge in [0.25, 0.3) is 0 Å². The molecule has 2 rings (SSSR count). The fraction of sp³-hybridized carbons (Fsp3) is 0.500. The maximum Gasteiger partial charge on any atom is 0.0638 e. The first-order valence-electron chi connectivity index (χ1n) is 6.20. The number of benzene rings is 1. The van der Waals surface area contributed by atoms with Crippen LogP contribution in [0, 0.1) is 18.3 Å². The smallest absolute Gasteiger partial charge is 0.0638 e. The number of anilines is 1. The minimum absolute atomic E-state index is 0.318. The van der Waals surface area contributed by atoms with E-state index in [1.54, 1.807) is 0 Å². The first-order valence-corrected chi connectivity index (χ1v) is 6.58. The minimum atomic E-state index is 0.318. The van der Waals surface area contributed by atoms with E-state index in [0.717, 1.165) is 24.7 Å². The maximum absolute atomic E-state index is 8.87. The van der Waals surface area contributed by atoms with Gasteiger partial charge >= 0.3 is 0 Å². The van der Waals surface area contributed by atoms with Crippen molar-refractivity contribution in [3.63, 3.8) is 0 Å². The van der Waals surface area contributed by atoms with Crippen LogP contribution in [0.4, 0.5) is 5.69 Å². The summed E-state index contributed by atoms with van der Waals surface area (Å²) in [7, 11) is 2.09. The number of likely N-dealkylation sites (N-methyl/N-ethyl adjacent to an activating group) is 1. The number of piperazine rings is 1. The van der Waals surface area contributed by atoms with Crippen LogP contribution < -0.4 is 4.90 Å². The quantitative estimate of drug-likeness (QED) is 0.822. The Hall–Kier alpha value is -1.24. The lowest BCUT2D eigenvalue weighted by molar-refractivity contribution is 0.221. The average molecular weight is 264 g/mol. The third-order valence-electron chi connectivity index (χ3n) is 3.60. The Bertz CT molecular complexity index is 467. The van der Waals surface area contributed by atoms with E-state index in [-0.39, 0.29) is 0 Å². The highest BCUT2D eigenvalue weighted by Crippen LogP contribution is 2.26. The molecule has 0 spiro atoms. The van der Waals surface area contributed by atoms with Gasteiger partial charge < -0.3 is 4.90 Å². The summed E-state index contributed by atoms with van der Waals surface area (Å²) in [6, 6.07) is 8.59. The molecule has 0 bridgehead atoms. The van der Waals surface area contributed by atoms with E-state index in [1.165, 1.54) is 11.3 Å². The van der Waals surface area contributed by atoms with E-state index in [4.69, 9.17) is 16.9 Å². The van der Waals surface area contributed by atoms with Crippen LogP contribution in [0.3, 0.4) is 0 Å². The summed E-state index contributed by atoms with van der Waals surface area (Å²) in [4.78, 5) is 4.62. The first kappa shape index (κ1) is 13.2. The molecule has 1 aromatic carbocycles. The Morgan fingerprint density at radius 2 is 2.22 bits per heavy atom. The van der Waals surface area contributed by atoms with Gasteiger partial charge in [-0.15, -0.1) is 0 Å². The van der Waals surface area contributed by atoms with Crippen molar-refractivity contribution in [3.05, 3.63) is 28.8 Å². The molecule has 0 aromatic heterocycles. The number of hydrogen-bond acceptors (Lipinski definition) is 3. The second kappa shape index (κ2) is 5.60. The van der Waals surface area contributed by atoms with Crippen LogP contribution in [0.5, 0.6) is 0 Å². The molecule has 1 aliphatic rings. The van der Waals surface area contributed by atoms with Crippen molar-refractivity contribution >= 4 is 17.3 Å². The zero-order valence-corrected chi connectivity index (χ0v) is 11.6. The van der Waals surface area contributed by atoms with Crippen LogP contribution in [0.1, 0.15) is 12.0 Å². The monoisotopic (exact) mass is 263 g/mol. The van der Waals surface area contributed by atoms with E-state index in [9.17, 15) is 0 Å². The van der Waals surface area contributed by atoms with E-state index in [0.29, 0.717) is 12.5 Å². The SMILES string of the molecule is Cc1cc(Cl)ccc1N1CCN(C)C(CC#N)C1. The van der Waals surface area contributed by atoms with Crippen molar-refractivity contribution in [1.29, 1.82) is 5.26 Å². The highest BCUT2D eigenvalue weighted by molar-refractivity contribution is 6.30. The molecule has 0 amide bonds. The second-order valence-corrected chi connectivity index (χ2v) is 5.31. The standard InChI is InChI=1S/C14H18ClN3/c1-11-9-12(15)3-4-14(11)18-8-7-17(2)13(10-18)5-6-16/h3-4,9,13H,5,7-8,10H2,1-2H3. The summed E-state index contributed by atoms with van der Waals surface area (Å²) in [6.45, 7) is 4.99. The first-order chi connectivity index (χ1) is 8.61. The largest absolute Gasteiger partial charge is 0.368 e. The number of hydrogen-bond donors (Lipinski definition) is 0.